The molecule has 0 radical (unpaired) electrons. The molecule has 1 aromatic rings. The molecule has 2 amide bonds. The molecule has 0 spiro atoms. The van der Waals surface area contributed by atoms with E-state index in [1.807, 2.05) is 0 Å². The van der Waals surface area contributed by atoms with Crippen molar-refractivity contribution in [3.05, 3.63) is 35.9 Å². The van der Waals surface area contributed by atoms with E-state index < -0.39 is 17.7 Å². The van der Waals surface area contributed by atoms with Gasteiger partial charge in [-0.15, -0.1) is 0 Å². The number of benzene rings is 1. The van der Waals surface area contributed by atoms with Gasteiger partial charge in [0.2, 0.25) is 11.8 Å². The first-order chi connectivity index (χ1) is 8.06. The van der Waals surface area contributed by atoms with Gasteiger partial charge in [0.1, 0.15) is 11.7 Å². The molecule has 1 aromatic carbocycles. The number of rotatable bonds is 4. The van der Waals surface area contributed by atoms with Crippen LogP contribution in [0.4, 0.5) is 0 Å². The molecular formula is C13H15NO3. The van der Waals surface area contributed by atoms with Crippen LogP contribution in [0.2, 0.25) is 0 Å². The van der Waals surface area contributed by atoms with Crippen LogP contribution in [0.5, 0.6) is 0 Å². The second-order valence-corrected chi connectivity index (χ2v) is 3.71. The number of amides is 2. The number of carbonyl (C=O) groups is 3. The van der Waals surface area contributed by atoms with Crippen molar-refractivity contribution in [2.75, 3.05) is 0 Å². The number of hydrogen-bond acceptors (Lipinski definition) is 3. The second kappa shape index (κ2) is 5.94. The van der Waals surface area contributed by atoms with Crippen LogP contribution in [0.1, 0.15) is 31.7 Å². The van der Waals surface area contributed by atoms with E-state index in [1.165, 1.54) is 6.92 Å². The summed E-state index contributed by atoms with van der Waals surface area (Å²) < 4.78 is 0. The van der Waals surface area contributed by atoms with Gasteiger partial charge in [0.05, 0.1) is 0 Å². The highest BCUT2D eigenvalue weighted by Gasteiger charge is 2.27. The second-order valence-electron chi connectivity index (χ2n) is 3.71. The van der Waals surface area contributed by atoms with Crippen LogP contribution in [0, 0.1) is 0 Å². The van der Waals surface area contributed by atoms with Crippen LogP contribution in [0.3, 0.4) is 0 Å². The van der Waals surface area contributed by atoms with Crippen LogP contribution in [-0.4, -0.2) is 17.6 Å². The van der Waals surface area contributed by atoms with E-state index in [1.54, 1.807) is 37.3 Å². The third kappa shape index (κ3) is 3.52. The Labute approximate surface area is 100 Å². The summed E-state index contributed by atoms with van der Waals surface area (Å²) in [5.74, 6) is -2.12. The summed E-state index contributed by atoms with van der Waals surface area (Å²) in [5.41, 5.74) is 0.609. The Bertz CT molecular complexity index is 426. The molecule has 1 N–H and O–H groups in total. The van der Waals surface area contributed by atoms with Crippen molar-refractivity contribution in [3.63, 3.8) is 0 Å². The molecule has 0 aliphatic heterocycles. The van der Waals surface area contributed by atoms with Gasteiger partial charge in [-0.2, -0.15) is 0 Å². The van der Waals surface area contributed by atoms with Crippen molar-refractivity contribution in [3.8, 4) is 0 Å². The van der Waals surface area contributed by atoms with Crippen molar-refractivity contribution in [1.82, 2.24) is 5.32 Å². The van der Waals surface area contributed by atoms with Crippen LogP contribution in [0.25, 0.3) is 0 Å². The lowest BCUT2D eigenvalue weighted by Crippen LogP contribution is -2.36. The van der Waals surface area contributed by atoms with E-state index in [2.05, 4.69) is 5.32 Å². The summed E-state index contributed by atoms with van der Waals surface area (Å²) in [4.78, 5) is 34.4. The Kier molecular flexibility index (Phi) is 4.57. The molecule has 0 bridgehead atoms. The lowest BCUT2D eigenvalue weighted by atomic mass is 9.92. The minimum absolute atomic E-state index is 0.199. The third-order valence-electron chi connectivity index (χ3n) is 2.36. The molecule has 17 heavy (non-hydrogen) atoms. The molecule has 0 aliphatic rings. The monoisotopic (exact) mass is 233 g/mol. The number of Topliss-reactive ketones (excluding diaryl/α,β-unsaturated/α-hetero) is 1. The first-order valence-electron chi connectivity index (χ1n) is 5.45. The molecule has 0 saturated heterocycles. The lowest BCUT2D eigenvalue weighted by molar-refractivity contribution is -0.133. The van der Waals surface area contributed by atoms with Crippen molar-refractivity contribution in [2.24, 2.45) is 0 Å². The van der Waals surface area contributed by atoms with Gasteiger partial charge < -0.3 is 0 Å². The molecule has 0 saturated carbocycles. The third-order valence-corrected chi connectivity index (χ3v) is 2.36. The number of imide groups is 1. The molecule has 1 rings (SSSR count). The van der Waals surface area contributed by atoms with Gasteiger partial charge in [0.15, 0.2) is 0 Å². The van der Waals surface area contributed by atoms with E-state index in [0.29, 0.717) is 5.56 Å². The topological polar surface area (TPSA) is 63.2 Å². The van der Waals surface area contributed by atoms with Crippen molar-refractivity contribution in [2.45, 2.75) is 26.2 Å². The van der Waals surface area contributed by atoms with E-state index in [9.17, 15) is 14.4 Å². The van der Waals surface area contributed by atoms with Gasteiger partial charge in [-0.3, -0.25) is 19.7 Å². The Morgan fingerprint density at radius 3 is 2.24 bits per heavy atom. The Balaban J connectivity index is 3.00. The number of carbonyl (C=O) groups excluding carboxylic acids is 3. The lowest BCUT2D eigenvalue weighted by Gasteiger charge is -2.14. The summed E-state index contributed by atoms with van der Waals surface area (Å²) in [6, 6.07) is 8.73. The molecule has 4 nitrogen and oxygen atoms in total. The van der Waals surface area contributed by atoms with Gasteiger partial charge in [-0.05, 0) is 5.56 Å². The SMILES string of the molecule is CCC(=O)C(C(=O)NC(C)=O)c1ccccc1. The summed E-state index contributed by atoms with van der Waals surface area (Å²) in [5, 5.41) is 2.16. The van der Waals surface area contributed by atoms with Crippen LogP contribution in [-0.2, 0) is 14.4 Å². The summed E-state index contributed by atoms with van der Waals surface area (Å²) >= 11 is 0. The largest absolute Gasteiger partial charge is 0.298 e. The minimum atomic E-state index is -0.898. The summed E-state index contributed by atoms with van der Waals surface area (Å²) in [7, 11) is 0. The van der Waals surface area contributed by atoms with Crippen LogP contribution < -0.4 is 5.32 Å². The maximum atomic E-state index is 11.8. The maximum Gasteiger partial charge on any atom is 0.241 e. The highest BCUT2D eigenvalue weighted by atomic mass is 16.2. The highest BCUT2D eigenvalue weighted by molar-refractivity contribution is 6.10. The summed E-state index contributed by atoms with van der Waals surface area (Å²) in [6.45, 7) is 2.94. The smallest absolute Gasteiger partial charge is 0.241 e. The maximum absolute atomic E-state index is 11.8. The average molecular weight is 233 g/mol. The fraction of sp³-hybridized carbons (Fsp3) is 0.308. The average Bonchev–Trinajstić information content (AvgIpc) is 2.29. The Hall–Kier alpha value is -1.97. The fourth-order valence-electron chi connectivity index (χ4n) is 1.58. The molecule has 0 aromatic heterocycles. The first kappa shape index (κ1) is 13.1. The predicted molar refractivity (Wildman–Crippen MR) is 63.3 cm³/mol. The van der Waals surface area contributed by atoms with Gasteiger partial charge in [0.25, 0.3) is 0 Å². The van der Waals surface area contributed by atoms with Crippen molar-refractivity contribution in [1.29, 1.82) is 0 Å². The zero-order valence-electron chi connectivity index (χ0n) is 9.90. The van der Waals surface area contributed by atoms with E-state index in [-0.39, 0.29) is 12.2 Å². The zero-order valence-corrected chi connectivity index (χ0v) is 9.90. The summed E-state index contributed by atoms with van der Waals surface area (Å²) in [6.07, 6.45) is 0.255. The van der Waals surface area contributed by atoms with Crippen molar-refractivity contribution < 1.29 is 14.4 Å². The van der Waals surface area contributed by atoms with Gasteiger partial charge >= 0.3 is 0 Å². The first-order valence-corrected chi connectivity index (χ1v) is 5.45. The molecule has 0 fully saturated rings. The van der Waals surface area contributed by atoms with Gasteiger partial charge in [-0.1, -0.05) is 37.3 Å². The quantitative estimate of drug-likeness (QED) is 0.800. The molecule has 1 unspecified atom stereocenters. The molecule has 0 heterocycles. The molecule has 1 atom stereocenters. The number of hydrogen-bond donors (Lipinski definition) is 1. The van der Waals surface area contributed by atoms with E-state index in [0.717, 1.165) is 0 Å². The zero-order chi connectivity index (χ0) is 12.8. The Morgan fingerprint density at radius 2 is 1.76 bits per heavy atom. The van der Waals surface area contributed by atoms with E-state index >= 15 is 0 Å². The van der Waals surface area contributed by atoms with Crippen molar-refractivity contribution >= 4 is 17.6 Å². The predicted octanol–water partition coefficient (Wildman–Crippen LogP) is 1.41. The molecule has 90 valence electrons. The Morgan fingerprint density at radius 1 is 1.18 bits per heavy atom. The molecule has 4 heteroatoms. The fourth-order valence-corrected chi connectivity index (χ4v) is 1.58. The minimum Gasteiger partial charge on any atom is -0.298 e. The van der Waals surface area contributed by atoms with Gasteiger partial charge in [0, 0.05) is 13.3 Å². The van der Waals surface area contributed by atoms with Crippen LogP contribution >= 0.6 is 0 Å². The van der Waals surface area contributed by atoms with Gasteiger partial charge in [-0.25, -0.2) is 0 Å². The standard InChI is InChI=1S/C13H15NO3/c1-3-11(16)12(13(17)14-9(2)15)10-7-5-4-6-8-10/h4-8,12H,3H2,1-2H3,(H,14,15,17). The van der Waals surface area contributed by atoms with E-state index in [4.69, 9.17) is 0 Å². The highest BCUT2D eigenvalue weighted by Crippen LogP contribution is 2.18. The normalized spacial score (nSPS) is 11.6. The molecular weight excluding hydrogens is 218 g/mol. The number of nitrogens with one attached hydrogen (secondary N) is 1. The molecule has 0 aliphatic carbocycles. The number of ketones is 1. The van der Waals surface area contributed by atoms with Crippen LogP contribution in [0.15, 0.2) is 30.3 Å².